The van der Waals surface area contributed by atoms with E-state index in [4.69, 9.17) is 9.84 Å². The predicted molar refractivity (Wildman–Crippen MR) is 90.8 cm³/mol. The highest BCUT2D eigenvalue weighted by Gasteiger charge is 2.00. The van der Waals surface area contributed by atoms with Crippen LogP contribution in [0.1, 0.15) is 22.3 Å². The molecule has 2 aromatic carbocycles. The Hall–Kier alpha value is -2.59. The van der Waals surface area contributed by atoms with Gasteiger partial charge in [0.2, 0.25) is 0 Å². The lowest BCUT2D eigenvalue weighted by Gasteiger charge is -2.05. The van der Waals surface area contributed by atoms with Crippen LogP contribution in [0.5, 0.6) is 0 Å². The second-order valence-electron chi connectivity index (χ2n) is 5.19. The first-order valence-corrected chi connectivity index (χ1v) is 7.50. The molecule has 2 N–H and O–H groups in total. The molecule has 0 atom stereocenters. The Morgan fingerprint density at radius 3 is 2.70 bits per heavy atom. The Morgan fingerprint density at radius 1 is 1.22 bits per heavy atom. The number of ether oxygens (including phenoxy) is 1. The van der Waals surface area contributed by atoms with Crippen LogP contribution in [-0.2, 0) is 18.0 Å². The number of aliphatic hydroxyl groups excluding tert-OH is 1. The second-order valence-corrected chi connectivity index (χ2v) is 5.19. The maximum atomic E-state index is 11.6. The SMILES string of the molecule is Cc1cc(C=CCNC(=O)OCc2ccccc2)ccc1CO. The van der Waals surface area contributed by atoms with Crippen molar-refractivity contribution in [1.82, 2.24) is 5.32 Å². The highest BCUT2D eigenvalue weighted by molar-refractivity contribution is 5.67. The van der Waals surface area contributed by atoms with Crippen molar-refractivity contribution in [3.8, 4) is 0 Å². The summed E-state index contributed by atoms with van der Waals surface area (Å²) in [6.45, 7) is 2.67. The number of carbonyl (C=O) groups excluding carboxylic acids is 1. The van der Waals surface area contributed by atoms with Gasteiger partial charge < -0.3 is 15.2 Å². The van der Waals surface area contributed by atoms with Gasteiger partial charge in [0, 0.05) is 6.54 Å². The van der Waals surface area contributed by atoms with Crippen LogP contribution in [0.15, 0.2) is 54.6 Å². The standard InChI is InChI=1S/C19H21NO3/c1-15-12-16(9-10-18(15)13-21)8-5-11-20-19(22)23-14-17-6-3-2-4-7-17/h2-10,12,21H,11,13-14H2,1H3,(H,20,22). The molecule has 0 spiro atoms. The first-order chi connectivity index (χ1) is 11.2. The fourth-order valence-electron chi connectivity index (χ4n) is 2.11. The van der Waals surface area contributed by atoms with Gasteiger partial charge in [0.25, 0.3) is 0 Å². The summed E-state index contributed by atoms with van der Waals surface area (Å²) in [7, 11) is 0. The molecule has 2 aromatic rings. The molecule has 0 radical (unpaired) electrons. The van der Waals surface area contributed by atoms with Gasteiger partial charge in [-0.3, -0.25) is 0 Å². The molecule has 0 bridgehead atoms. The number of hydrogen-bond donors (Lipinski definition) is 2. The lowest BCUT2D eigenvalue weighted by Crippen LogP contribution is -2.24. The minimum Gasteiger partial charge on any atom is -0.445 e. The van der Waals surface area contributed by atoms with E-state index in [1.54, 1.807) is 0 Å². The number of carbonyl (C=O) groups is 1. The molecule has 0 saturated heterocycles. The van der Waals surface area contributed by atoms with Crippen LogP contribution < -0.4 is 5.32 Å². The molecule has 0 aliphatic carbocycles. The van der Waals surface area contributed by atoms with Crippen LogP contribution in [0.4, 0.5) is 4.79 Å². The molecule has 0 aliphatic heterocycles. The smallest absolute Gasteiger partial charge is 0.407 e. The summed E-state index contributed by atoms with van der Waals surface area (Å²) >= 11 is 0. The maximum Gasteiger partial charge on any atom is 0.407 e. The van der Waals surface area contributed by atoms with E-state index < -0.39 is 6.09 Å². The Morgan fingerprint density at radius 2 is 2.00 bits per heavy atom. The zero-order valence-electron chi connectivity index (χ0n) is 13.2. The first-order valence-electron chi connectivity index (χ1n) is 7.50. The zero-order valence-corrected chi connectivity index (χ0v) is 13.2. The highest BCUT2D eigenvalue weighted by Crippen LogP contribution is 2.12. The fraction of sp³-hybridized carbons (Fsp3) is 0.211. The number of hydrogen-bond acceptors (Lipinski definition) is 3. The summed E-state index contributed by atoms with van der Waals surface area (Å²) in [5.74, 6) is 0. The van der Waals surface area contributed by atoms with Crippen LogP contribution in [-0.4, -0.2) is 17.7 Å². The van der Waals surface area contributed by atoms with E-state index in [-0.39, 0.29) is 13.2 Å². The summed E-state index contributed by atoms with van der Waals surface area (Å²) in [6, 6.07) is 15.4. The molecule has 2 rings (SSSR count). The summed E-state index contributed by atoms with van der Waals surface area (Å²) in [5.41, 5.74) is 3.95. The Labute approximate surface area is 136 Å². The van der Waals surface area contributed by atoms with E-state index in [2.05, 4.69) is 5.32 Å². The van der Waals surface area contributed by atoms with Gasteiger partial charge in [-0.2, -0.15) is 0 Å². The third kappa shape index (κ3) is 5.60. The van der Waals surface area contributed by atoms with Gasteiger partial charge >= 0.3 is 6.09 Å². The third-order valence-corrected chi connectivity index (χ3v) is 3.42. The van der Waals surface area contributed by atoms with Crippen molar-refractivity contribution in [2.24, 2.45) is 0 Å². The number of benzene rings is 2. The van der Waals surface area contributed by atoms with Gasteiger partial charge in [-0.25, -0.2) is 4.79 Å². The van der Waals surface area contributed by atoms with Gasteiger partial charge in [0.15, 0.2) is 0 Å². The van der Waals surface area contributed by atoms with Crippen molar-refractivity contribution in [2.75, 3.05) is 6.54 Å². The molecule has 1 amide bonds. The quantitative estimate of drug-likeness (QED) is 0.859. The highest BCUT2D eigenvalue weighted by atomic mass is 16.5. The van der Waals surface area contributed by atoms with Crippen LogP contribution in [0.25, 0.3) is 6.08 Å². The fourth-order valence-corrected chi connectivity index (χ4v) is 2.11. The number of aliphatic hydroxyl groups is 1. The van der Waals surface area contributed by atoms with Crippen molar-refractivity contribution < 1.29 is 14.6 Å². The van der Waals surface area contributed by atoms with Crippen molar-refractivity contribution in [1.29, 1.82) is 0 Å². The van der Waals surface area contributed by atoms with Gasteiger partial charge in [-0.1, -0.05) is 60.7 Å². The van der Waals surface area contributed by atoms with E-state index in [1.165, 1.54) is 0 Å². The summed E-state index contributed by atoms with van der Waals surface area (Å²) < 4.78 is 5.12. The Kier molecular flexibility index (Phi) is 6.39. The lowest BCUT2D eigenvalue weighted by molar-refractivity contribution is 0.141. The molecule has 0 aliphatic rings. The molecular formula is C19H21NO3. The number of aryl methyl sites for hydroxylation is 1. The molecule has 4 heteroatoms. The minimum absolute atomic E-state index is 0.0463. The van der Waals surface area contributed by atoms with E-state index in [9.17, 15) is 4.79 Å². The van der Waals surface area contributed by atoms with E-state index in [1.807, 2.05) is 67.6 Å². The topological polar surface area (TPSA) is 58.6 Å². The van der Waals surface area contributed by atoms with Crippen LogP contribution in [0.2, 0.25) is 0 Å². The van der Waals surface area contributed by atoms with Crippen molar-refractivity contribution in [3.63, 3.8) is 0 Å². The monoisotopic (exact) mass is 311 g/mol. The number of amides is 1. The summed E-state index contributed by atoms with van der Waals surface area (Å²) in [4.78, 5) is 11.6. The molecule has 0 fully saturated rings. The molecule has 0 unspecified atom stereocenters. The van der Waals surface area contributed by atoms with Crippen molar-refractivity contribution in [3.05, 3.63) is 76.9 Å². The van der Waals surface area contributed by atoms with Gasteiger partial charge in [0.1, 0.15) is 6.61 Å². The minimum atomic E-state index is -0.440. The summed E-state index contributed by atoms with van der Waals surface area (Å²) in [5, 5.41) is 11.8. The lowest BCUT2D eigenvalue weighted by atomic mass is 10.1. The van der Waals surface area contributed by atoms with Gasteiger partial charge in [-0.15, -0.1) is 0 Å². The largest absolute Gasteiger partial charge is 0.445 e. The normalized spacial score (nSPS) is 10.7. The molecule has 0 heterocycles. The molecule has 0 saturated carbocycles. The third-order valence-electron chi connectivity index (χ3n) is 3.42. The van der Waals surface area contributed by atoms with E-state index in [0.717, 1.165) is 22.3 Å². The molecule has 120 valence electrons. The average Bonchev–Trinajstić information content (AvgIpc) is 2.58. The molecule has 23 heavy (non-hydrogen) atoms. The summed E-state index contributed by atoms with van der Waals surface area (Å²) in [6.07, 6.45) is 3.34. The van der Waals surface area contributed by atoms with E-state index >= 15 is 0 Å². The number of alkyl carbamates (subject to hydrolysis) is 1. The van der Waals surface area contributed by atoms with Crippen LogP contribution >= 0.6 is 0 Å². The van der Waals surface area contributed by atoms with Gasteiger partial charge in [0.05, 0.1) is 6.61 Å². The van der Waals surface area contributed by atoms with Crippen LogP contribution in [0.3, 0.4) is 0 Å². The zero-order chi connectivity index (χ0) is 16.5. The number of rotatable bonds is 6. The van der Waals surface area contributed by atoms with Crippen molar-refractivity contribution >= 4 is 12.2 Å². The second kappa shape index (κ2) is 8.76. The average molecular weight is 311 g/mol. The van der Waals surface area contributed by atoms with Gasteiger partial charge in [-0.05, 0) is 29.2 Å². The Bertz CT molecular complexity index is 666. The first kappa shape index (κ1) is 16.8. The molecule has 4 nitrogen and oxygen atoms in total. The predicted octanol–water partition coefficient (Wildman–Crippen LogP) is 3.43. The van der Waals surface area contributed by atoms with Crippen LogP contribution in [0, 0.1) is 6.92 Å². The van der Waals surface area contributed by atoms with E-state index in [0.29, 0.717) is 6.54 Å². The Balaban J connectivity index is 1.73. The molecular weight excluding hydrogens is 290 g/mol. The van der Waals surface area contributed by atoms with Crippen molar-refractivity contribution in [2.45, 2.75) is 20.1 Å². The number of nitrogens with one attached hydrogen (secondary N) is 1. The maximum absolute atomic E-state index is 11.6. The molecule has 0 aromatic heterocycles.